The molecule has 0 aromatic heterocycles. The summed E-state index contributed by atoms with van der Waals surface area (Å²) in [6, 6.07) is 7.37. The molecule has 4 nitrogen and oxygen atoms in total. The van der Waals surface area contributed by atoms with Crippen molar-refractivity contribution in [2.75, 3.05) is 20.2 Å². The van der Waals surface area contributed by atoms with Gasteiger partial charge in [-0.05, 0) is 63.4 Å². The normalized spacial score (nSPS) is 27.9. The molecule has 0 aliphatic carbocycles. The molecule has 0 saturated carbocycles. The molecule has 2 aliphatic heterocycles. The van der Waals surface area contributed by atoms with Crippen LogP contribution in [0.15, 0.2) is 18.2 Å². The van der Waals surface area contributed by atoms with E-state index in [9.17, 15) is 5.11 Å². The first kappa shape index (κ1) is 14.7. The fourth-order valence-corrected chi connectivity index (χ4v) is 3.91. The van der Waals surface area contributed by atoms with Gasteiger partial charge in [0.2, 0.25) is 0 Å². The summed E-state index contributed by atoms with van der Waals surface area (Å²) in [4.78, 5) is 2.62. The number of hydrogen-bond acceptors (Lipinski definition) is 4. The van der Waals surface area contributed by atoms with E-state index >= 15 is 0 Å². The number of nitrogens with one attached hydrogen (secondary N) is 1. The summed E-state index contributed by atoms with van der Waals surface area (Å²) in [6.07, 6.45) is 5.17. The highest BCUT2D eigenvalue weighted by Crippen LogP contribution is 2.35. The summed E-state index contributed by atoms with van der Waals surface area (Å²) in [5.74, 6) is 0.776. The van der Waals surface area contributed by atoms with Crippen LogP contribution in [0.2, 0.25) is 0 Å². The Morgan fingerprint density at radius 1 is 1.33 bits per heavy atom. The van der Waals surface area contributed by atoms with Crippen molar-refractivity contribution in [2.24, 2.45) is 0 Å². The average Bonchev–Trinajstić information content (AvgIpc) is 3.17. The second-order valence-corrected chi connectivity index (χ2v) is 6.26. The Balaban J connectivity index is 1.78. The molecule has 0 radical (unpaired) electrons. The predicted octanol–water partition coefficient (Wildman–Crippen LogP) is 2.68. The summed E-state index contributed by atoms with van der Waals surface area (Å²) in [5, 5.41) is 13.4. The fourth-order valence-electron chi connectivity index (χ4n) is 3.91. The van der Waals surface area contributed by atoms with Crippen LogP contribution in [-0.4, -0.2) is 42.3 Å². The zero-order chi connectivity index (χ0) is 14.8. The van der Waals surface area contributed by atoms with Crippen LogP contribution in [0.3, 0.4) is 0 Å². The minimum atomic E-state index is 0.212. The lowest BCUT2D eigenvalue weighted by atomic mass is 10.0. The van der Waals surface area contributed by atoms with E-state index in [0.717, 1.165) is 13.1 Å². The Morgan fingerprint density at radius 2 is 2.19 bits per heavy atom. The minimum Gasteiger partial charge on any atom is -0.504 e. The fraction of sp³-hybridized carbons (Fsp3) is 0.647. The standard InChI is InChI=1S/C17H26N2O2/c1-12(13-7-8-16(20)17(11-13)21-2)19-10-4-6-15(19)14-5-3-9-18-14/h7-8,11-12,14-15,18,20H,3-6,9-10H2,1-2H3. The summed E-state index contributed by atoms with van der Waals surface area (Å²) < 4.78 is 5.24. The Bertz CT molecular complexity index is 486. The van der Waals surface area contributed by atoms with Crippen molar-refractivity contribution >= 4 is 0 Å². The van der Waals surface area contributed by atoms with E-state index in [1.54, 1.807) is 13.2 Å². The number of rotatable bonds is 4. The van der Waals surface area contributed by atoms with Gasteiger partial charge in [0.05, 0.1) is 7.11 Å². The van der Waals surface area contributed by atoms with Crippen LogP contribution in [0.25, 0.3) is 0 Å². The lowest BCUT2D eigenvalue weighted by Gasteiger charge is -2.34. The van der Waals surface area contributed by atoms with Gasteiger partial charge in [-0.3, -0.25) is 4.90 Å². The summed E-state index contributed by atoms with van der Waals surface area (Å²) in [7, 11) is 1.60. The van der Waals surface area contributed by atoms with Crippen molar-refractivity contribution < 1.29 is 9.84 Å². The lowest BCUT2D eigenvalue weighted by molar-refractivity contribution is 0.163. The molecule has 2 N–H and O–H groups in total. The molecule has 21 heavy (non-hydrogen) atoms. The smallest absolute Gasteiger partial charge is 0.160 e. The number of benzene rings is 1. The number of methoxy groups -OCH3 is 1. The second-order valence-electron chi connectivity index (χ2n) is 6.26. The molecular weight excluding hydrogens is 264 g/mol. The molecule has 1 aromatic rings. The summed E-state index contributed by atoms with van der Waals surface area (Å²) >= 11 is 0. The number of likely N-dealkylation sites (tertiary alicyclic amines) is 1. The number of ether oxygens (including phenoxy) is 1. The van der Waals surface area contributed by atoms with Crippen molar-refractivity contribution in [2.45, 2.75) is 50.7 Å². The van der Waals surface area contributed by atoms with Crippen LogP contribution in [0.5, 0.6) is 11.5 Å². The highest BCUT2D eigenvalue weighted by molar-refractivity contribution is 5.42. The highest BCUT2D eigenvalue weighted by atomic mass is 16.5. The van der Waals surface area contributed by atoms with Crippen molar-refractivity contribution in [3.63, 3.8) is 0 Å². The van der Waals surface area contributed by atoms with Gasteiger partial charge in [-0.1, -0.05) is 6.07 Å². The van der Waals surface area contributed by atoms with Crippen LogP contribution in [0.4, 0.5) is 0 Å². The first-order chi connectivity index (χ1) is 10.2. The maximum absolute atomic E-state index is 9.76. The molecule has 2 heterocycles. The van der Waals surface area contributed by atoms with E-state index in [1.807, 2.05) is 12.1 Å². The Kier molecular flexibility index (Phi) is 4.36. The van der Waals surface area contributed by atoms with Gasteiger partial charge in [-0.2, -0.15) is 0 Å². The number of hydrogen-bond donors (Lipinski definition) is 2. The Morgan fingerprint density at radius 3 is 2.90 bits per heavy atom. The highest BCUT2D eigenvalue weighted by Gasteiger charge is 2.35. The van der Waals surface area contributed by atoms with Crippen molar-refractivity contribution in [3.05, 3.63) is 23.8 Å². The van der Waals surface area contributed by atoms with Gasteiger partial charge in [0.15, 0.2) is 11.5 Å². The van der Waals surface area contributed by atoms with Gasteiger partial charge in [0.1, 0.15) is 0 Å². The van der Waals surface area contributed by atoms with Crippen LogP contribution in [0.1, 0.15) is 44.2 Å². The van der Waals surface area contributed by atoms with E-state index in [4.69, 9.17) is 4.74 Å². The molecule has 0 spiro atoms. The largest absolute Gasteiger partial charge is 0.504 e. The third-order valence-corrected chi connectivity index (χ3v) is 5.09. The predicted molar refractivity (Wildman–Crippen MR) is 83.8 cm³/mol. The van der Waals surface area contributed by atoms with E-state index in [2.05, 4.69) is 17.1 Å². The maximum Gasteiger partial charge on any atom is 0.160 e. The number of phenolic OH excluding ortho intramolecular Hbond substituents is 1. The Hall–Kier alpha value is -1.26. The van der Waals surface area contributed by atoms with Crippen molar-refractivity contribution in [1.82, 2.24) is 10.2 Å². The third-order valence-electron chi connectivity index (χ3n) is 5.09. The zero-order valence-electron chi connectivity index (χ0n) is 13.0. The first-order valence-electron chi connectivity index (χ1n) is 8.06. The number of phenols is 1. The quantitative estimate of drug-likeness (QED) is 0.895. The number of nitrogens with zero attached hydrogens (tertiary/aromatic N) is 1. The van der Waals surface area contributed by atoms with Crippen molar-refractivity contribution in [1.29, 1.82) is 0 Å². The molecule has 0 bridgehead atoms. The van der Waals surface area contributed by atoms with E-state index < -0.39 is 0 Å². The molecule has 3 unspecified atom stereocenters. The van der Waals surface area contributed by atoms with Gasteiger partial charge < -0.3 is 15.2 Å². The molecule has 3 atom stereocenters. The zero-order valence-corrected chi connectivity index (χ0v) is 13.0. The minimum absolute atomic E-state index is 0.212. The van der Waals surface area contributed by atoms with E-state index in [0.29, 0.717) is 23.9 Å². The molecule has 4 heteroatoms. The van der Waals surface area contributed by atoms with Crippen LogP contribution in [-0.2, 0) is 0 Å². The van der Waals surface area contributed by atoms with E-state index in [1.165, 1.54) is 31.2 Å². The lowest BCUT2D eigenvalue weighted by Crippen LogP contribution is -2.44. The van der Waals surface area contributed by atoms with Crippen LogP contribution in [0, 0.1) is 0 Å². The molecule has 1 aromatic carbocycles. The summed E-state index contributed by atoms with van der Waals surface area (Å²) in [6.45, 7) is 4.59. The van der Waals surface area contributed by atoms with Crippen molar-refractivity contribution in [3.8, 4) is 11.5 Å². The molecule has 3 rings (SSSR count). The third kappa shape index (κ3) is 2.87. The molecule has 116 valence electrons. The second kappa shape index (κ2) is 6.24. The topological polar surface area (TPSA) is 44.7 Å². The van der Waals surface area contributed by atoms with Gasteiger partial charge in [0.25, 0.3) is 0 Å². The first-order valence-corrected chi connectivity index (χ1v) is 8.06. The van der Waals surface area contributed by atoms with Gasteiger partial charge in [-0.15, -0.1) is 0 Å². The molecule has 2 aliphatic rings. The molecule has 0 amide bonds. The maximum atomic E-state index is 9.76. The van der Waals surface area contributed by atoms with Gasteiger partial charge in [0, 0.05) is 18.1 Å². The monoisotopic (exact) mass is 290 g/mol. The molecule has 2 saturated heterocycles. The molecular formula is C17H26N2O2. The Labute approximate surface area is 127 Å². The van der Waals surface area contributed by atoms with Gasteiger partial charge >= 0.3 is 0 Å². The van der Waals surface area contributed by atoms with E-state index in [-0.39, 0.29) is 5.75 Å². The van der Waals surface area contributed by atoms with Gasteiger partial charge in [-0.25, -0.2) is 0 Å². The SMILES string of the molecule is COc1cc(C(C)N2CCCC2C2CCCN2)ccc1O. The average molecular weight is 290 g/mol. The molecule has 2 fully saturated rings. The van der Waals surface area contributed by atoms with Crippen LogP contribution >= 0.6 is 0 Å². The number of aromatic hydroxyl groups is 1. The van der Waals surface area contributed by atoms with Crippen LogP contribution < -0.4 is 10.1 Å². The summed E-state index contributed by atoms with van der Waals surface area (Å²) in [5.41, 5.74) is 1.22.